The molecule has 0 fully saturated rings. The molecule has 3 nitrogen and oxygen atoms in total. The van der Waals surface area contributed by atoms with Gasteiger partial charge in [-0.1, -0.05) is 30.3 Å². The second kappa shape index (κ2) is 5.87. The van der Waals surface area contributed by atoms with Crippen LogP contribution in [0.3, 0.4) is 0 Å². The molecular weight excluding hydrogens is 228 g/mol. The first-order valence-corrected chi connectivity index (χ1v) is 5.69. The molecule has 0 unspecified atom stereocenters. The Morgan fingerprint density at radius 2 is 1.72 bits per heavy atom. The molecule has 0 bridgehead atoms. The summed E-state index contributed by atoms with van der Waals surface area (Å²) in [5.41, 5.74) is 1.09. The van der Waals surface area contributed by atoms with Gasteiger partial charge >= 0.3 is 5.97 Å². The van der Waals surface area contributed by atoms with Crippen LogP contribution in [0.4, 0.5) is 0 Å². The molecule has 0 radical (unpaired) electrons. The largest absolute Gasteiger partial charge is 0.482 e. The van der Waals surface area contributed by atoms with Crippen molar-refractivity contribution in [3.8, 4) is 11.5 Å². The van der Waals surface area contributed by atoms with Crippen molar-refractivity contribution in [2.24, 2.45) is 0 Å². The third-order valence-electron chi connectivity index (χ3n) is 2.32. The number of para-hydroxylation sites is 1. The number of hydrogen-bond donors (Lipinski definition) is 0. The van der Waals surface area contributed by atoms with E-state index < -0.39 is 5.97 Å². The Balaban J connectivity index is 1.85. The zero-order chi connectivity index (χ0) is 12.8. The fourth-order valence-corrected chi connectivity index (χ4v) is 1.50. The first-order valence-electron chi connectivity index (χ1n) is 5.69. The summed E-state index contributed by atoms with van der Waals surface area (Å²) in [4.78, 5) is 11.5. The fraction of sp³-hybridized carbons (Fsp3) is 0.133. The van der Waals surface area contributed by atoms with Gasteiger partial charge in [-0.2, -0.15) is 0 Å². The Bertz CT molecular complexity index is 520. The van der Waals surface area contributed by atoms with Gasteiger partial charge in [0.25, 0.3) is 0 Å². The molecule has 0 atom stereocenters. The Morgan fingerprint density at radius 3 is 2.44 bits per heavy atom. The van der Waals surface area contributed by atoms with Gasteiger partial charge in [-0.15, -0.1) is 0 Å². The van der Waals surface area contributed by atoms with Gasteiger partial charge in [0.2, 0.25) is 0 Å². The smallest absolute Gasteiger partial charge is 0.349 e. The molecule has 0 heterocycles. The summed E-state index contributed by atoms with van der Waals surface area (Å²) in [5, 5.41) is 0. The van der Waals surface area contributed by atoms with Gasteiger partial charge < -0.3 is 9.47 Å². The molecule has 0 saturated heterocycles. The fourth-order valence-electron chi connectivity index (χ4n) is 1.50. The maximum atomic E-state index is 11.5. The first kappa shape index (κ1) is 12.2. The van der Waals surface area contributed by atoms with E-state index in [1.54, 1.807) is 12.1 Å². The van der Waals surface area contributed by atoms with Crippen LogP contribution >= 0.6 is 0 Å². The monoisotopic (exact) mass is 242 g/mol. The van der Waals surface area contributed by atoms with Crippen LogP contribution in [0.5, 0.6) is 11.5 Å². The predicted molar refractivity (Wildman–Crippen MR) is 68.8 cm³/mol. The summed E-state index contributed by atoms with van der Waals surface area (Å²) in [6.07, 6.45) is 0. The Hall–Kier alpha value is -2.29. The van der Waals surface area contributed by atoms with Crippen LogP contribution in [0.15, 0.2) is 54.6 Å². The van der Waals surface area contributed by atoms with E-state index in [4.69, 9.17) is 9.47 Å². The summed E-state index contributed by atoms with van der Waals surface area (Å²) < 4.78 is 10.4. The van der Waals surface area contributed by atoms with Crippen LogP contribution in [0.1, 0.15) is 5.56 Å². The molecule has 2 rings (SSSR count). The van der Waals surface area contributed by atoms with E-state index in [0.29, 0.717) is 11.5 Å². The van der Waals surface area contributed by atoms with Crippen LogP contribution in [0.25, 0.3) is 0 Å². The molecule has 2 aromatic rings. The van der Waals surface area contributed by atoms with E-state index >= 15 is 0 Å². The lowest BCUT2D eigenvalue weighted by atomic mass is 10.2. The number of rotatable bonds is 4. The topological polar surface area (TPSA) is 35.5 Å². The third kappa shape index (κ3) is 3.63. The minimum Gasteiger partial charge on any atom is -0.482 e. The average Bonchev–Trinajstić information content (AvgIpc) is 2.38. The highest BCUT2D eigenvalue weighted by molar-refractivity contribution is 5.73. The molecule has 2 aromatic carbocycles. The van der Waals surface area contributed by atoms with Crippen LogP contribution < -0.4 is 9.47 Å². The zero-order valence-electron chi connectivity index (χ0n) is 10.1. The number of hydrogen-bond acceptors (Lipinski definition) is 3. The normalized spacial score (nSPS) is 9.83. The van der Waals surface area contributed by atoms with Gasteiger partial charge in [0.05, 0.1) is 0 Å². The Kier molecular flexibility index (Phi) is 3.97. The maximum absolute atomic E-state index is 11.5. The number of esters is 1. The summed E-state index contributed by atoms with van der Waals surface area (Å²) in [6.45, 7) is 1.87. The summed E-state index contributed by atoms with van der Waals surface area (Å²) in [5.74, 6) is 0.776. The van der Waals surface area contributed by atoms with Crippen molar-refractivity contribution < 1.29 is 14.3 Å². The van der Waals surface area contributed by atoms with Gasteiger partial charge in [-0.05, 0) is 36.8 Å². The van der Waals surface area contributed by atoms with E-state index in [1.807, 2.05) is 49.4 Å². The molecule has 0 N–H and O–H groups in total. The minimum absolute atomic E-state index is 0.0989. The molecule has 0 spiro atoms. The summed E-state index contributed by atoms with van der Waals surface area (Å²) >= 11 is 0. The number of ether oxygens (including phenoxy) is 2. The third-order valence-corrected chi connectivity index (χ3v) is 2.32. The van der Waals surface area contributed by atoms with Crippen molar-refractivity contribution in [2.75, 3.05) is 6.61 Å². The lowest BCUT2D eigenvalue weighted by molar-refractivity contribution is -0.136. The van der Waals surface area contributed by atoms with Crippen molar-refractivity contribution in [1.82, 2.24) is 0 Å². The molecule has 92 valence electrons. The van der Waals surface area contributed by atoms with E-state index in [-0.39, 0.29) is 6.61 Å². The first-order chi connectivity index (χ1) is 8.74. The molecular formula is C15H14O3. The highest BCUT2D eigenvalue weighted by atomic mass is 16.6. The molecule has 0 amide bonds. The highest BCUT2D eigenvalue weighted by Crippen LogP contribution is 2.13. The lowest BCUT2D eigenvalue weighted by Gasteiger charge is -2.07. The van der Waals surface area contributed by atoms with Crippen molar-refractivity contribution in [1.29, 1.82) is 0 Å². The van der Waals surface area contributed by atoms with Crippen molar-refractivity contribution in [3.63, 3.8) is 0 Å². The van der Waals surface area contributed by atoms with Crippen LogP contribution in [-0.2, 0) is 4.79 Å². The van der Waals surface area contributed by atoms with Gasteiger partial charge in [-0.25, -0.2) is 4.79 Å². The second-order valence-electron chi connectivity index (χ2n) is 3.89. The van der Waals surface area contributed by atoms with Crippen LogP contribution in [0.2, 0.25) is 0 Å². The standard InChI is InChI=1S/C15H14O3/c1-12-6-5-9-14(10-12)17-11-15(16)18-13-7-3-2-4-8-13/h2-10H,11H2,1H3. The quantitative estimate of drug-likeness (QED) is 0.610. The molecule has 3 heteroatoms. The van der Waals surface area contributed by atoms with Gasteiger partial charge in [-0.3, -0.25) is 0 Å². The number of benzene rings is 2. The molecule has 0 aliphatic heterocycles. The summed E-state index contributed by atoms with van der Waals surface area (Å²) in [6, 6.07) is 16.5. The minimum atomic E-state index is -0.414. The molecule has 18 heavy (non-hydrogen) atoms. The van der Waals surface area contributed by atoms with E-state index in [9.17, 15) is 4.79 Å². The number of carbonyl (C=O) groups is 1. The number of carbonyl (C=O) groups excluding carboxylic acids is 1. The SMILES string of the molecule is Cc1cccc(OCC(=O)Oc2ccccc2)c1. The van der Waals surface area contributed by atoms with Gasteiger partial charge in [0, 0.05) is 0 Å². The Morgan fingerprint density at radius 1 is 1.00 bits per heavy atom. The van der Waals surface area contributed by atoms with Gasteiger partial charge in [0.1, 0.15) is 11.5 Å². The molecule has 0 saturated carbocycles. The number of aryl methyl sites for hydroxylation is 1. The van der Waals surface area contributed by atoms with E-state index in [2.05, 4.69) is 0 Å². The predicted octanol–water partition coefficient (Wildman–Crippen LogP) is 2.98. The average molecular weight is 242 g/mol. The lowest BCUT2D eigenvalue weighted by Crippen LogP contribution is -2.17. The summed E-state index contributed by atoms with van der Waals surface area (Å²) in [7, 11) is 0. The Labute approximate surface area is 106 Å². The molecule has 0 aromatic heterocycles. The van der Waals surface area contributed by atoms with Gasteiger partial charge in [0.15, 0.2) is 6.61 Å². The van der Waals surface area contributed by atoms with Crippen molar-refractivity contribution in [2.45, 2.75) is 6.92 Å². The van der Waals surface area contributed by atoms with E-state index in [0.717, 1.165) is 5.56 Å². The zero-order valence-corrected chi connectivity index (χ0v) is 10.1. The highest BCUT2D eigenvalue weighted by Gasteiger charge is 2.05. The van der Waals surface area contributed by atoms with Crippen molar-refractivity contribution >= 4 is 5.97 Å². The van der Waals surface area contributed by atoms with E-state index in [1.165, 1.54) is 0 Å². The second-order valence-corrected chi connectivity index (χ2v) is 3.89. The molecule has 0 aliphatic rings. The maximum Gasteiger partial charge on any atom is 0.349 e. The van der Waals surface area contributed by atoms with Crippen LogP contribution in [-0.4, -0.2) is 12.6 Å². The van der Waals surface area contributed by atoms with Crippen LogP contribution in [0, 0.1) is 6.92 Å². The molecule has 0 aliphatic carbocycles. The van der Waals surface area contributed by atoms with Crippen molar-refractivity contribution in [3.05, 3.63) is 60.2 Å².